The van der Waals surface area contributed by atoms with Gasteiger partial charge in [0, 0.05) is 23.9 Å². The molecule has 1 atom stereocenters. The van der Waals surface area contributed by atoms with Crippen molar-refractivity contribution in [1.29, 1.82) is 5.26 Å². The second-order valence-corrected chi connectivity index (χ2v) is 7.31. The summed E-state index contributed by atoms with van der Waals surface area (Å²) in [5.41, 5.74) is -0.149. The van der Waals surface area contributed by atoms with E-state index in [0.29, 0.717) is 17.1 Å². The zero-order valence-corrected chi connectivity index (χ0v) is 17.2. The Morgan fingerprint density at radius 2 is 2.09 bits per heavy atom. The molecule has 3 aromatic heterocycles. The summed E-state index contributed by atoms with van der Waals surface area (Å²) in [6, 6.07) is 11.2. The van der Waals surface area contributed by atoms with E-state index in [0.717, 1.165) is 12.1 Å². The first kappa shape index (κ1) is 21.9. The number of aromatic nitrogens is 4. The van der Waals surface area contributed by atoms with Crippen molar-refractivity contribution in [2.75, 3.05) is 0 Å². The van der Waals surface area contributed by atoms with E-state index in [1.54, 1.807) is 43.5 Å². The molecule has 4 aromatic rings. The van der Waals surface area contributed by atoms with Crippen LogP contribution in [0.25, 0.3) is 22.7 Å². The van der Waals surface area contributed by atoms with Crippen molar-refractivity contribution >= 4 is 5.91 Å². The van der Waals surface area contributed by atoms with Crippen LogP contribution >= 0.6 is 0 Å². The van der Waals surface area contributed by atoms with Crippen LogP contribution in [0.2, 0.25) is 0 Å². The minimum absolute atomic E-state index is 0.236. The topological polar surface area (TPSA) is 113 Å². The van der Waals surface area contributed by atoms with E-state index >= 15 is 0 Å². The van der Waals surface area contributed by atoms with Crippen LogP contribution in [0.5, 0.6) is 0 Å². The van der Waals surface area contributed by atoms with Crippen molar-refractivity contribution in [3.8, 4) is 28.8 Å². The van der Waals surface area contributed by atoms with E-state index in [9.17, 15) is 18.0 Å². The molecule has 0 bridgehead atoms. The van der Waals surface area contributed by atoms with Gasteiger partial charge in [-0.1, -0.05) is 6.07 Å². The van der Waals surface area contributed by atoms with Gasteiger partial charge >= 0.3 is 6.18 Å². The van der Waals surface area contributed by atoms with Gasteiger partial charge in [0.1, 0.15) is 11.4 Å². The van der Waals surface area contributed by atoms with Crippen LogP contribution in [0.4, 0.5) is 13.2 Å². The number of nitrogens with zero attached hydrogens (tertiary/aromatic N) is 4. The predicted octanol–water partition coefficient (Wildman–Crippen LogP) is 4.24. The summed E-state index contributed by atoms with van der Waals surface area (Å²) in [6.07, 6.45) is -1.54. The van der Waals surface area contributed by atoms with Gasteiger partial charge in [0.2, 0.25) is 0 Å². The maximum atomic E-state index is 13.2. The zero-order valence-electron chi connectivity index (χ0n) is 17.2. The first-order valence-corrected chi connectivity index (χ1v) is 9.80. The molecule has 2 N–H and O–H groups in total. The number of benzene rings is 1. The van der Waals surface area contributed by atoms with Crippen LogP contribution in [0.3, 0.4) is 0 Å². The molecule has 0 saturated carbocycles. The maximum Gasteiger partial charge on any atom is 0.417 e. The summed E-state index contributed by atoms with van der Waals surface area (Å²) < 4.78 is 46.4. The number of amides is 1. The monoisotopic (exact) mass is 454 g/mol. The molecule has 0 aliphatic heterocycles. The lowest BCUT2D eigenvalue weighted by Crippen LogP contribution is -2.36. The van der Waals surface area contributed by atoms with E-state index in [1.807, 2.05) is 0 Å². The molecule has 11 heteroatoms. The summed E-state index contributed by atoms with van der Waals surface area (Å²) in [6.45, 7) is 2.06. The number of aromatic amines is 1. The van der Waals surface area contributed by atoms with Crippen molar-refractivity contribution in [3.05, 3.63) is 71.7 Å². The number of hydrogen-bond acceptors (Lipinski definition) is 5. The van der Waals surface area contributed by atoms with E-state index < -0.39 is 17.3 Å². The van der Waals surface area contributed by atoms with Crippen molar-refractivity contribution < 1.29 is 22.4 Å². The molecule has 33 heavy (non-hydrogen) atoms. The van der Waals surface area contributed by atoms with Gasteiger partial charge in [-0.2, -0.15) is 28.6 Å². The van der Waals surface area contributed by atoms with Crippen LogP contribution in [-0.4, -0.2) is 31.9 Å². The average molecular weight is 454 g/mol. The number of nitriles is 1. The Kier molecular flexibility index (Phi) is 5.74. The molecule has 1 aromatic carbocycles. The summed E-state index contributed by atoms with van der Waals surface area (Å²) >= 11 is 0. The molecule has 1 amide bonds. The highest BCUT2D eigenvalue weighted by molar-refractivity contribution is 5.93. The number of rotatable bonds is 6. The minimum Gasteiger partial charge on any atom is -0.463 e. The van der Waals surface area contributed by atoms with Crippen molar-refractivity contribution in [3.63, 3.8) is 0 Å². The Bertz CT molecular complexity index is 1310. The van der Waals surface area contributed by atoms with Crippen LogP contribution in [0, 0.1) is 11.3 Å². The van der Waals surface area contributed by atoms with Gasteiger partial charge in [-0.05, 0) is 37.3 Å². The maximum absolute atomic E-state index is 13.2. The molecule has 3 heterocycles. The van der Waals surface area contributed by atoms with Crippen molar-refractivity contribution in [2.24, 2.45) is 0 Å². The lowest BCUT2D eigenvalue weighted by molar-refractivity contribution is -0.137. The molecule has 0 unspecified atom stereocenters. The van der Waals surface area contributed by atoms with Gasteiger partial charge in [-0.15, -0.1) is 0 Å². The molecule has 0 spiro atoms. The minimum atomic E-state index is -4.65. The fourth-order valence-corrected chi connectivity index (χ4v) is 3.27. The normalized spacial score (nSPS) is 12.3. The molecular weight excluding hydrogens is 437 g/mol. The Morgan fingerprint density at radius 1 is 1.27 bits per heavy atom. The van der Waals surface area contributed by atoms with E-state index in [4.69, 9.17) is 9.68 Å². The van der Waals surface area contributed by atoms with Gasteiger partial charge in [0.05, 0.1) is 35.7 Å². The predicted molar refractivity (Wildman–Crippen MR) is 111 cm³/mol. The fourth-order valence-electron chi connectivity index (χ4n) is 3.27. The van der Waals surface area contributed by atoms with E-state index in [1.165, 1.54) is 17.0 Å². The highest BCUT2D eigenvalue weighted by atomic mass is 19.4. The molecule has 0 fully saturated rings. The molecular formula is C22H17F3N6O2. The van der Waals surface area contributed by atoms with Crippen LogP contribution in [-0.2, 0) is 12.7 Å². The van der Waals surface area contributed by atoms with Gasteiger partial charge in [-0.3, -0.25) is 14.6 Å². The quantitative estimate of drug-likeness (QED) is 0.453. The Hall–Kier alpha value is -4.33. The second kappa shape index (κ2) is 8.66. The Morgan fingerprint density at radius 3 is 2.79 bits per heavy atom. The summed E-state index contributed by atoms with van der Waals surface area (Å²) in [7, 11) is 0. The van der Waals surface area contributed by atoms with E-state index in [-0.39, 0.29) is 29.8 Å². The standard InChI is InChI=1S/C22H17F3N6O2/c1-13(27-21(32)19-10-18(28-29-19)20-3-2-8-33-20)12-31-7-6-17(30-31)14-4-5-15(11-26)16(9-14)22(23,24)25/h2-10,13H,12H2,1H3,(H,27,32)(H,28,29)/t13-/m1/s1. The number of H-pyrrole nitrogens is 1. The fraction of sp³-hybridized carbons (Fsp3) is 0.182. The number of alkyl halides is 3. The van der Waals surface area contributed by atoms with Crippen LogP contribution in [0.15, 0.2) is 59.3 Å². The molecule has 4 rings (SSSR count). The zero-order chi connectivity index (χ0) is 23.6. The highest BCUT2D eigenvalue weighted by Crippen LogP contribution is 2.34. The molecule has 0 aliphatic rings. The van der Waals surface area contributed by atoms with Crippen LogP contribution in [0.1, 0.15) is 28.5 Å². The van der Waals surface area contributed by atoms with Crippen molar-refractivity contribution in [1.82, 2.24) is 25.3 Å². The molecule has 0 saturated heterocycles. The molecule has 8 nitrogen and oxygen atoms in total. The number of hydrogen-bond donors (Lipinski definition) is 2. The third-order valence-corrected chi connectivity index (χ3v) is 4.82. The molecule has 0 radical (unpaired) electrons. The lowest BCUT2D eigenvalue weighted by Gasteiger charge is -2.13. The van der Waals surface area contributed by atoms with E-state index in [2.05, 4.69) is 20.6 Å². The summed E-state index contributed by atoms with van der Waals surface area (Å²) in [5, 5.41) is 22.7. The number of furan rings is 1. The largest absolute Gasteiger partial charge is 0.463 e. The first-order chi connectivity index (χ1) is 15.7. The Labute approximate surface area is 185 Å². The third-order valence-electron chi connectivity index (χ3n) is 4.82. The highest BCUT2D eigenvalue weighted by Gasteiger charge is 2.34. The number of carbonyl (C=O) groups is 1. The average Bonchev–Trinajstić information content (AvgIpc) is 3.53. The molecule has 168 valence electrons. The number of halogens is 3. The molecule has 0 aliphatic carbocycles. The lowest BCUT2D eigenvalue weighted by atomic mass is 10.0. The third kappa shape index (κ3) is 4.79. The number of carbonyl (C=O) groups excluding carboxylic acids is 1. The van der Waals surface area contributed by atoms with Crippen molar-refractivity contribution in [2.45, 2.75) is 25.7 Å². The SMILES string of the molecule is C[C@H](Cn1ccc(-c2ccc(C#N)c(C(F)(F)F)c2)n1)NC(=O)c1cc(-c2ccco2)n[nH]1. The van der Waals surface area contributed by atoms with Gasteiger partial charge in [0.25, 0.3) is 5.91 Å². The summed E-state index contributed by atoms with van der Waals surface area (Å²) in [4.78, 5) is 12.5. The van der Waals surface area contributed by atoms with Gasteiger partial charge in [0.15, 0.2) is 5.76 Å². The first-order valence-electron chi connectivity index (χ1n) is 9.80. The smallest absolute Gasteiger partial charge is 0.417 e. The van der Waals surface area contributed by atoms with Gasteiger partial charge < -0.3 is 9.73 Å². The van der Waals surface area contributed by atoms with Crippen LogP contribution < -0.4 is 5.32 Å². The Balaban J connectivity index is 1.42. The summed E-state index contributed by atoms with van der Waals surface area (Å²) in [5.74, 6) is 0.154. The second-order valence-electron chi connectivity index (χ2n) is 7.31. The van der Waals surface area contributed by atoms with Gasteiger partial charge in [-0.25, -0.2) is 0 Å². The number of nitrogens with one attached hydrogen (secondary N) is 2.